The molecule has 0 aliphatic heterocycles. The monoisotopic (exact) mass is 319 g/mol. The second-order valence-electron chi connectivity index (χ2n) is 5.28. The summed E-state index contributed by atoms with van der Waals surface area (Å²) in [7, 11) is 1.66. The lowest BCUT2D eigenvalue weighted by Gasteiger charge is -2.19. The van der Waals surface area contributed by atoms with E-state index >= 15 is 0 Å². The summed E-state index contributed by atoms with van der Waals surface area (Å²) in [6, 6.07) is 9.80. The molecule has 5 nitrogen and oxygen atoms in total. The number of aliphatic hydroxyl groups excluding tert-OH is 1. The number of amides is 2. The van der Waals surface area contributed by atoms with Gasteiger partial charge < -0.3 is 15.3 Å². The van der Waals surface area contributed by atoms with Crippen molar-refractivity contribution < 1.29 is 9.90 Å². The standard InChI is InChI=1S/C16H21N3O2S/c1-11(20)10-19(3)16(21)17-9-14-12(2)18-15(22-14)13-7-5-4-6-8-13/h4-8,11,20H,9-10H2,1-3H3,(H,17,21). The van der Waals surface area contributed by atoms with E-state index in [0.29, 0.717) is 13.1 Å². The van der Waals surface area contributed by atoms with E-state index in [4.69, 9.17) is 0 Å². The van der Waals surface area contributed by atoms with E-state index in [0.717, 1.165) is 21.1 Å². The Labute approximate surface area is 134 Å². The number of benzene rings is 1. The van der Waals surface area contributed by atoms with Gasteiger partial charge in [-0.2, -0.15) is 0 Å². The van der Waals surface area contributed by atoms with Crippen molar-refractivity contribution in [2.24, 2.45) is 0 Å². The van der Waals surface area contributed by atoms with Crippen LogP contribution in [0.1, 0.15) is 17.5 Å². The predicted octanol–water partition coefficient (Wildman–Crippen LogP) is 2.64. The van der Waals surface area contributed by atoms with E-state index in [1.54, 1.807) is 25.3 Å². The number of hydrogen-bond acceptors (Lipinski definition) is 4. The number of likely N-dealkylation sites (N-methyl/N-ethyl adjacent to an activating group) is 1. The van der Waals surface area contributed by atoms with E-state index in [9.17, 15) is 9.90 Å². The number of nitrogens with zero attached hydrogens (tertiary/aromatic N) is 2. The summed E-state index contributed by atoms with van der Waals surface area (Å²) in [6.45, 7) is 4.36. The molecule has 0 aliphatic rings. The SMILES string of the molecule is Cc1nc(-c2ccccc2)sc1CNC(=O)N(C)CC(C)O. The molecule has 0 saturated heterocycles. The number of hydrogen-bond donors (Lipinski definition) is 2. The van der Waals surface area contributed by atoms with Crippen LogP contribution < -0.4 is 5.32 Å². The maximum absolute atomic E-state index is 11.9. The third-order valence-corrected chi connectivity index (χ3v) is 4.40. The molecule has 1 aromatic heterocycles. The average Bonchev–Trinajstić information content (AvgIpc) is 2.86. The number of aromatic nitrogens is 1. The molecule has 1 aromatic carbocycles. The highest BCUT2D eigenvalue weighted by Gasteiger charge is 2.13. The van der Waals surface area contributed by atoms with Crippen molar-refractivity contribution in [3.8, 4) is 10.6 Å². The van der Waals surface area contributed by atoms with Gasteiger partial charge in [-0.1, -0.05) is 30.3 Å². The molecule has 0 bridgehead atoms. The minimum Gasteiger partial charge on any atom is -0.392 e. The number of carbonyl (C=O) groups is 1. The fourth-order valence-electron chi connectivity index (χ4n) is 2.07. The average molecular weight is 319 g/mol. The van der Waals surface area contributed by atoms with Gasteiger partial charge in [-0.05, 0) is 13.8 Å². The molecule has 0 radical (unpaired) electrons. The summed E-state index contributed by atoms with van der Waals surface area (Å²) in [4.78, 5) is 19.0. The fourth-order valence-corrected chi connectivity index (χ4v) is 3.07. The normalized spacial score (nSPS) is 12.0. The van der Waals surface area contributed by atoms with Gasteiger partial charge >= 0.3 is 6.03 Å². The molecular formula is C16H21N3O2S. The smallest absolute Gasteiger partial charge is 0.317 e. The van der Waals surface area contributed by atoms with Gasteiger partial charge in [-0.3, -0.25) is 0 Å². The molecule has 6 heteroatoms. The van der Waals surface area contributed by atoms with Gasteiger partial charge in [0, 0.05) is 24.0 Å². The van der Waals surface area contributed by atoms with Crippen LogP contribution in [0, 0.1) is 6.92 Å². The Kier molecular flexibility index (Phi) is 5.51. The molecule has 1 unspecified atom stereocenters. The number of thiazole rings is 1. The summed E-state index contributed by atoms with van der Waals surface area (Å²) in [6.07, 6.45) is -0.537. The van der Waals surface area contributed by atoms with Crippen LogP contribution >= 0.6 is 11.3 Å². The first kappa shape index (κ1) is 16.5. The molecule has 1 atom stereocenters. The van der Waals surface area contributed by atoms with Gasteiger partial charge in [-0.15, -0.1) is 11.3 Å². The topological polar surface area (TPSA) is 65.5 Å². The van der Waals surface area contributed by atoms with Crippen LogP contribution in [-0.4, -0.2) is 40.7 Å². The molecule has 118 valence electrons. The maximum atomic E-state index is 11.9. The zero-order valence-corrected chi connectivity index (χ0v) is 13.9. The third-order valence-electron chi connectivity index (χ3n) is 3.20. The molecule has 22 heavy (non-hydrogen) atoms. The number of aryl methyl sites for hydroxylation is 1. The van der Waals surface area contributed by atoms with Crippen LogP contribution in [0.3, 0.4) is 0 Å². The van der Waals surface area contributed by atoms with Crippen molar-refractivity contribution in [3.05, 3.63) is 40.9 Å². The van der Waals surface area contributed by atoms with E-state index in [2.05, 4.69) is 10.3 Å². The minimum atomic E-state index is -0.537. The van der Waals surface area contributed by atoms with Crippen LogP contribution in [0.5, 0.6) is 0 Å². The zero-order chi connectivity index (χ0) is 16.1. The summed E-state index contributed by atoms with van der Waals surface area (Å²) >= 11 is 1.59. The van der Waals surface area contributed by atoms with Crippen LogP contribution in [0.2, 0.25) is 0 Å². The van der Waals surface area contributed by atoms with Gasteiger partial charge in [0.2, 0.25) is 0 Å². The van der Waals surface area contributed by atoms with Gasteiger partial charge in [0.25, 0.3) is 0 Å². The Morgan fingerprint density at radius 2 is 2.09 bits per heavy atom. The summed E-state index contributed by atoms with van der Waals surface area (Å²) in [5.74, 6) is 0. The largest absolute Gasteiger partial charge is 0.392 e. The molecule has 0 saturated carbocycles. The number of urea groups is 1. The molecule has 1 heterocycles. The van der Waals surface area contributed by atoms with E-state index in [1.807, 2.05) is 37.3 Å². The Morgan fingerprint density at radius 1 is 1.41 bits per heavy atom. The summed E-state index contributed by atoms with van der Waals surface area (Å²) in [5.41, 5.74) is 2.02. The Bertz CT molecular complexity index is 626. The second-order valence-corrected chi connectivity index (χ2v) is 6.37. The zero-order valence-electron chi connectivity index (χ0n) is 13.0. The predicted molar refractivity (Wildman–Crippen MR) is 88.8 cm³/mol. The lowest BCUT2D eigenvalue weighted by atomic mass is 10.2. The van der Waals surface area contributed by atoms with Crippen LogP contribution in [0.4, 0.5) is 4.79 Å². The van der Waals surface area contributed by atoms with Crippen molar-refractivity contribution in [2.75, 3.05) is 13.6 Å². The van der Waals surface area contributed by atoms with Crippen LogP contribution in [0.15, 0.2) is 30.3 Å². The lowest BCUT2D eigenvalue weighted by Crippen LogP contribution is -2.40. The molecule has 2 aromatic rings. The summed E-state index contributed by atoms with van der Waals surface area (Å²) < 4.78 is 0. The van der Waals surface area contributed by atoms with Gasteiger partial charge in [-0.25, -0.2) is 9.78 Å². The van der Waals surface area contributed by atoms with Crippen molar-refractivity contribution in [2.45, 2.75) is 26.5 Å². The molecule has 0 fully saturated rings. The Morgan fingerprint density at radius 3 is 2.73 bits per heavy atom. The highest BCUT2D eigenvalue weighted by atomic mass is 32.1. The Hall–Kier alpha value is -1.92. The van der Waals surface area contributed by atoms with Gasteiger partial charge in [0.05, 0.1) is 18.3 Å². The minimum absolute atomic E-state index is 0.199. The Balaban J connectivity index is 1.99. The fraction of sp³-hybridized carbons (Fsp3) is 0.375. The molecule has 2 rings (SSSR count). The third kappa shape index (κ3) is 4.29. The second kappa shape index (κ2) is 7.38. The number of nitrogens with one attached hydrogen (secondary N) is 1. The number of aliphatic hydroxyl groups is 1. The van der Waals surface area contributed by atoms with Crippen molar-refractivity contribution in [1.82, 2.24) is 15.2 Å². The highest BCUT2D eigenvalue weighted by Crippen LogP contribution is 2.27. The molecular weight excluding hydrogens is 298 g/mol. The highest BCUT2D eigenvalue weighted by molar-refractivity contribution is 7.15. The molecule has 0 aliphatic carbocycles. The van der Waals surface area contributed by atoms with Gasteiger partial charge in [0.15, 0.2) is 0 Å². The van der Waals surface area contributed by atoms with Crippen LogP contribution in [-0.2, 0) is 6.54 Å². The first-order chi connectivity index (χ1) is 10.5. The van der Waals surface area contributed by atoms with Crippen LogP contribution in [0.25, 0.3) is 10.6 Å². The van der Waals surface area contributed by atoms with E-state index in [1.165, 1.54) is 4.90 Å². The van der Waals surface area contributed by atoms with E-state index in [-0.39, 0.29) is 6.03 Å². The maximum Gasteiger partial charge on any atom is 0.317 e. The van der Waals surface area contributed by atoms with E-state index < -0.39 is 6.10 Å². The summed E-state index contributed by atoms with van der Waals surface area (Å²) in [5, 5.41) is 13.1. The van der Waals surface area contributed by atoms with Crippen molar-refractivity contribution in [1.29, 1.82) is 0 Å². The molecule has 0 spiro atoms. The van der Waals surface area contributed by atoms with Crippen molar-refractivity contribution >= 4 is 17.4 Å². The first-order valence-corrected chi connectivity index (χ1v) is 7.97. The lowest BCUT2D eigenvalue weighted by molar-refractivity contribution is 0.144. The first-order valence-electron chi connectivity index (χ1n) is 7.16. The van der Waals surface area contributed by atoms with Crippen molar-refractivity contribution in [3.63, 3.8) is 0 Å². The molecule has 2 amide bonds. The van der Waals surface area contributed by atoms with Gasteiger partial charge in [0.1, 0.15) is 5.01 Å². The molecule has 2 N–H and O–H groups in total. The quantitative estimate of drug-likeness (QED) is 0.890. The number of rotatable bonds is 5. The number of carbonyl (C=O) groups excluding carboxylic acids is 1.